The molecule has 1 amide bonds. The van der Waals surface area contributed by atoms with Crippen LogP contribution in [0.25, 0.3) is 10.6 Å². The van der Waals surface area contributed by atoms with Gasteiger partial charge in [0, 0.05) is 18.7 Å². The van der Waals surface area contributed by atoms with E-state index in [1.165, 1.54) is 29.5 Å². The molecule has 1 N–H and O–H groups in total. The number of carbonyl (C=O) groups is 2. The number of aromatic nitrogens is 2. The number of hydrogen-bond acceptors (Lipinski definition) is 7. The quantitative estimate of drug-likeness (QED) is 0.359. The van der Waals surface area contributed by atoms with Gasteiger partial charge in [-0.05, 0) is 75.0 Å². The van der Waals surface area contributed by atoms with Crippen molar-refractivity contribution in [2.24, 2.45) is 5.92 Å². The van der Waals surface area contributed by atoms with E-state index in [1.807, 2.05) is 26.0 Å². The van der Waals surface area contributed by atoms with E-state index in [-0.39, 0.29) is 17.1 Å². The molecular weight excluding hydrogens is 519 g/mol. The van der Waals surface area contributed by atoms with Crippen LogP contribution >= 0.6 is 22.9 Å². The van der Waals surface area contributed by atoms with E-state index in [1.54, 1.807) is 16.8 Å². The number of likely N-dealkylation sites (N-methyl/N-ethyl adjacent to an activating group) is 1. The predicted molar refractivity (Wildman–Crippen MR) is 141 cm³/mol. The first kappa shape index (κ1) is 27.0. The fraction of sp³-hybridized carbons (Fsp3) is 0.385. The van der Waals surface area contributed by atoms with Crippen LogP contribution in [0.4, 0.5) is 9.52 Å². The van der Waals surface area contributed by atoms with Crippen molar-refractivity contribution < 1.29 is 23.8 Å². The van der Waals surface area contributed by atoms with Gasteiger partial charge in [0.15, 0.2) is 0 Å². The highest BCUT2D eigenvalue weighted by atomic mass is 35.5. The minimum absolute atomic E-state index is 0.0503. The van der Waals surface area contributed by atoms with Crippen LogP contribution in [0.2, 0.25) is 5.02 Å². The predicted octanol–water partition coefficient (Wildman–Crippen LogP) is 5.07. The van der Waals surface area contributed by atoms with Gasteiger partial charge in [0.2, 0.25) is 5.13 Å². The van der Waals surface area contributed by atoms with Crippen LogP contribution in [0.15, 0.2) is 30.3 Å². The molecule has 0 radical (unpaired) electrons. The number of aliphatic carboxylic acids is 1. The van der Waals surface area contributed by atoms with Crippen molar-refractivity contribution in [2.45, 2.75) is 26.7 Å². The minimum atomic E-state index is -0.882. The van der Waals surface area contributed by atoms with Gasteiger partial charge in [0.05, 0.1) is 17.1 Å². The topological polar surface area (TPSA) is 95.9 Å². The van der Waals surface area contributed by atoms with E-state index < -0.39 is 17.7 Å². The molecule has 1 heterocycles. The van der Waals surface area contributed by atoms with Crippen LogP contribution in [0.1, 0.15) is 34.3 Å². The van der Waals surface area contributed by atoms with Crippen molar-refractivity contribution in [2.75, 3.05) is 38.2 Å². The third-order valence-corrected chi connectivity index (χ3v) is 7.42. The highest BCUT2D eigenvalue weighted by Gasteiger charge is 2.31. The molecule has 1 aromatic heterocycles. The van der Waals surface area contributed by atoms with Crippen LogP contribution in [0.3, 0.4) is 0 Å². The summed E-state index contributed by atoms with van der Waals surface area (Å²) in [6, 6.07) is 8.10. The second-order valence-electron chi connectivity index (χ2n) is 9.27. The van der Waals surface area contributed by atoms with Gasteiger partial charge in [-0.3, -0.25) is 19.4 Å². The molecule has 0 unspecified atom stereocenters. The van der Waals surface area contributed by atoms with Crippen molar-refractivity contribution in [1.29, 1.82) is 0 Å². The highest BCUT2D eigenvalue weighted by molar-refractivity contribution is 7.18. The summed E-state index contributed by atoms with van der Waals surface area (Å²) in [6.45, 7) is 5.13. The zero-order valence-electron chi connectivity index (χ0n) is 20.8. The molecule has 196 valence electrons. The molecule has 8 nitrogen and oxygen atoms in total. The van der Waals surface area contributed by atoms with E-state index in [2.05, 4.69) is 10.2 Å². The maximum absolute atomic E-state index is 14.0. The fourth-order valence-electron chi connectivity index (χ4n) is 3.98. The number of anilines is 1. The number of amides is 1. The van der Waals surface area contributed by atoms with Crippen LogP contribution in [-0.4, -0.2) is 65.4 Å². The first-order valence-corrected chi connectivity index (χ1v) is 13.1. The maximum atomic E-state index is 14.0. The second kappa shape index (κ2) is 11.5. The molecular formula is C26H28ClFN4O4S. The Kier molecular flexibility index (Phi) is 8.41. The largest absolute Gasteiger partial charge is 0.492 e. The number of ether oxygens (including phenoxy) is 1. The molecule has 0 aliphatic heterocycles. The minimum Gasteiger partial charge on any atom is -0.492 e. The molecule has 1 aliphatic carbocycles. The summed E-state index contributed by atoms with van der Waals surface area (Å²) in [5.74, 6) is -0.809. The number of halogens is 2. The van der Waals surface area contributed by atoms with Gasteiger partial charge < -0.3 is 9.84 Å². The fourth-order valence-corrected chi connectivity index (χ4v) is 5.02. The van der Waals surface area contributed by atoms with Crippen LogP contribution in [0.5, 0.6) is 5.75 Å². The van der Waals surface area contributed by atoms with Crippen LogP contribution in [0, 0.1) is 25.6 Å². The third-order valence-electron chi connectivity index (χ3n) is 6.04. The number of carboxylic acid groups (broad SMARTS) is 1. The van der Waals surface area contributed by atoms with Gasteiger partial charge in [0.25, 0.3) is 5.91 Å². The van der Waals surface area contributed by atoms with Crippen LogP contribution in [-0.2, 0) is 4.79 Å². The lowest BCUT2D eigenvalue weighted by molar-refractivity contribution is -0.138. The van der Waals surface area contributed by atoms with Crippen molar-refractivity contribution in [3.8, 4) is 16.3 Å². The summed E-state index contributed by atoms with van der Waals surface area (Å²) >= 11 is 7.39. The second-order valence-corrected chi connectivity index (χ2v) is 10.6. The van der Waals surface area contributed by atoms with E-state index in [0.29, 0.717) is 35.8 Å². The standard InChI is InChI=1S/C26H28ClFN4O4S/c1-15-11-18(12-16(2)23(15)36-10-9-31(3)14-21(33)34)24-29-30-26(37-24)32(13-17-7-8-17)25(35)19-5-4-6-20(28)22(19)27/h4-6,11-12,17H,7-10,13-14H2,1-3H3,(H,33,34). The van der Waals surface area contributed by atoms with E-state index >= 15 is 0 Å². The summed E-state index contributed by atoms with van der Waals surface area (Å²) in [4.78, 5) is 27.4. The Morgan fingerprint density at radius 3 is 2.57 bits per heavy atom. The zero-order valence-corrected chi connectivity index (χ0v) is 22.4. The smallest absolute Gasteiger partial charge is 0.317 e. The molecule has 4 rings (SSSR count). The number of benzene rings is 2. The number of rotatable bonds is 11. The van der Waals surface area contributed by atoms with Gasteiger partial charge in [-0.25, -0.2) is 4.39 Å². The van der Waals surface area contributed by atoms with Gasteiger partial charge in [0.1, 0.15) is 23.2 Å². The highest BCUT2D eigenvalue weighted by Crippen LogP contribution is 2.37. The summed E-state index contributed by atoms with van der Waals surface area (Å²) in [7, 11) is 1.73. The van der Waals surface area contributed by atoms with Crippen molar-refractivity contribution in [3.05, 3.63) is 57.9 Å². The Hall–Kier alpha value is -3.08. The normalized spacial score (nSPS) is 13.1. The summed E-state index contributed by atoms with van der Waals surface area (Å²) in [5.41, 5.74) is 2.76. The van der Waals surface area contributed by atoms with Gasteiger partial charge in [-0.15, -0.1) is 10.2 Å². The van der Waals surface area contributed by atoms with E-state index in [4.69, 9.17) is 21.4 Å². The zero-order chi connectivity index (χ0) is 26.7. The third kappa shape index (κ3) is 6.63. The van der Waals surface area contributed by atoms with E-state index in [0.717, 1.165) is 35.3 Å². The molecule has 37 heavy (non-hydrogen) atoms. The SMILES string of the molecule is Cc1cc(-c2nnc(N(CC3CC3)C(=O)c3cccc(F)c3Cl)s2)cc(C)c1OCCN(C)CC(=O)O. The summed E-state index contributed by atoms with van der Waals surface area (Å²) in [6.07, 6.45) is 2.05. The Bertz CT molecular complexity index is 1290. The molecule has 1 aliphatic rings. The number of nitrogens with zero attached hydrogens (tertiary/aromatic N) is 4. The maximum Gasteiger partial charge on any atom is 0.317 e. The van der Waals surface area contributed by atoms with Gasteiger partial charge >= 0.3 is 5.97 Å². The lowest BCUT2D eigenvalue weighted by Crippen LogP contribution is -2.33. The molecule has 1 fully saturated rings. The summed E-state index contributed by atoms with van der Waals surface area (Å²) < 4.78 is 20.0. The Morgan fingerprint density at radius 2 is 1.92 bits per heavy atom. The average molecular weight is 547 g/mol. The van der Waals surface area contributed by atoms with Crippen molar-refractivity contribution in [3.63, 3.8) is 0 Å². The number of aryl methyl sites for hydroxylation is 2. The molecule has 0 saturated heterocycles. The van der Waals surface area contributed by atoms with Crippen molar-refractivity contribution >= 4 is 39.9 Å². The van der Waals surface area contributed by atoms with Crippen molar-refractivity contribution in [1.82, 2.24) is 15.1 Å². The Labute approximate surface area is 223 Å². The summed E-state index contributed by atoms with van der Waals surface area (Å²) in [5, 5.41) is 18.4. The average Bonchev–Trinajstić information content (AvgIpc) is 3.53. The molecule has 3 aromatic rings. The number of carbonyl (C=O) groups excluding carboxylic acids is 1. The monoisotopic (exact) mass is 546 g/mol. The molecule has 0 atom stereocenters. The molecule has 11 heteroatoms. The Balaban J connectivity index is 1.53. The van der Waals surface area contributed by atoms with Crippen LogP contribution < -0.4 is 9.64 Å². The number of carboxylic acids is 1. The Morgan fingerprint density at radius 1 is 1.22 bits per heavy atom. The first-order chi connectivity index (χ1) is 17.6. The molecule has 0 spiro atoms. The lowest BCUT2D eigenvalue weighted by Gasteiger charge is -2.20. The molecule has 0 bridgehead atoms. The number of hydrogen-bond donors (Lipinski definition) is 1. The molecule has 2 aromatic carbocycles. The van der Waals surface area contributed by atoms with Gasteiger partial charge in [-0.2, -0.15) is 0 Å². The molecule has 1 saturated carbocycles. The van der Waals surface area contributed by atoms with Gasteiger partial charge in [-0.1, -0.05) is 29.0 Å². The lowest BCUT2D eigenvalue weighted by atomic mass is 10.1. The first-order valence-electron chi connectivity index (χ1n) is 11.9. The van der Waals surface area contributed by atoms with E-state index in [9.17, 15) is 14.0 Å².